The molecule has 0 radical (unpaired) electrons. The van der Waals surface area contributed by atoms with Gasteiger partial charge in [0.05, 0.1) is 12.6 Å². The minimum Gasteiger partial charge on any atom is -0.444 e. The zero-order chi connectivity index (χ0) is 28.4. The first kappa shape index (κ1) is 29.6. The van der Waals surface area contributed by atoms with Crippen LogP contribution in [-0.4, -0.2) is 55.2 Å². The van der Waals surface area contributed by atoms with Crippen LogP contribution in [0.2, 0.25) is 5.28 Å². The van der Waals surface area contributed by atoms with Crippen molar-refractivity contribution in [3.63, 3.8) is 0 Å². The maximum atomic E-state index is 14.6. The number of rotatable bonds is 7. The Balaban J connectivity index is 2.04. The number of anilines is 1. The van der Waals surface area contributed by atoms with Crippen LogP contribution < -0.4 is 10.2 Å². The maximum Gasteiger partial charge on any atom is 0.416 e. The van der Waals surface area contributed by atoms with Gasteiger partial charge < -0.3 is 14.8 Å². The van der Waals surface area contributed by atoms with Crippen LogP contribution in [0.5, 0.6) is 0 Å². The Labute approximate surface area is 230 Å². The lowest BCUT2D eigenvalue weighted by Gasteiger charge is -2.26. The molecule has 13 heteroatoms. The maximum absolute atomic E-state index is 14.6. The highest BCUT2D eigenvalue weighted by Crippen LogP contribution is 2.31. The van der Waals surface area contributed by atoms with Gasteiger partial charge in [-0.05, 0) is 84.5 Å². The number of hydrogen-bond donors (Lipinski definition) is 1. The van der Waals surface area contributed by atoms with Gasteiger partial charge in [0.2, 0.25) is 5.28 Å². The van der Waals surface area contributed by atoms with E-state index in [1.807, 2.05) is 12.3 Å². The number of ether oxygens (including phenoxy) is 2. The molecule has 0 spiro atoms. The van der Waals surface area contributed by atoms with Crippen molar-refractivity contribution < 1.29 is 23.5 Å². The normalized spacial score (nSPS) is 13.7. The van der Waals surface area contributed by atoms with Gasteiger partial charge in [0.15, 0.2) is 5.82 Å². The first-order valence-corrected chi connectivity index (χ1v) is 13.4. The number of carbonyl (C=O) groups excluding carboxylic acids is 2. The smallest absolute Gasteiger partial charge is 0.416 e. The van der Waals surface area contributed by atoms with Crippen molar-refractivity contribution in [2.75, 3.05) is 4.90 Å². The van der Waals surface area contributed by atoms with Gasteiger partial charge in [-0.2, -0.15) is 4.98 Å². The number of alkyl carbamates (subject to hydrolysis) is 1. The zero-order valence-corrected chi connectivity index (χ0v) is 24.4. The van der Waals surface area contributed by atoms with Crippen molar-refractivity contribution in [3.05, 3.63) is 39.2 Å². The summed E-state index contributed by atoms with van der Waals surface area (Å²) in [6.07, 6.45) is 0.756. The predicted octanol–water partition coefficient (Wildman–Crippen LogP) is 5.88. The van der Waals surface area contributed by atoms with Gasteiger partial charge >= 0.3 is 12.2 Å². The molecular weight excluding hydrogens is 535 g/mol. The molecule has 0 aliphatic heterocycles. The molecule has 3 aromatic rings. The van der Waals surface area contributed by atoms with Gasteiger partial charge in [0, 0.05) is 17.8 Å². The third kappa shape index (κ3) is 7.76. The Kier molecular flexibility index (Phi) is 8.87. The van der Waals surface area contributed by atoms with Crippen LogP contribution in [0.15, 0.2) is 17.8 Å². The second-order valence-corrected chi connectivity index (χ2v) is 12.2. The standard InChI is InChI=1S/C25H34ClFN6O4S/c1-14-16(11-17(15(2)27)29-22(34)36-24(3,4)5)12-33-19(14)20(30-21(26)31-33)32(13-18-28-9-10-38-18)23(35)37-25(6,7)8/h9-10,12,15,17H,11,13H2,1-8H3,(H,29,34)/t15-,17+/m0/s1. The zero-order valence-electron chi connectivity index (χ0n) is 22.8. The number of hydrogen-bond acceptors (Lipinski definition) is 8. The summed E-state index contributed by atoms with van der Waals surface area (Å²) in [6.45, 7) is 13.8. The Morgan fingerprint density at radius 3 is 2.42 bits per heavy atom. The van der Waals surface area contributed by atoms with Crippen LogP contribution in [0.1, 0.15) is 64.6 Å². The number of thiazole rings is 1. The number of aromatic nitrogens is 4. The van der Waals surface area contributed by atoms with Crippen molar-refractivity contribution in [3.8, 4) is 0 Å². The van der Waals surface area contributed by atoms with Crippen molar-refractivity contribution in [1.82, 2.24) is 24.9 Å². The number of carbonyl (C=O) groups is 2. The van der Waals surface area contributed by atoms with Crippen molar-refractivity contribution >= 4 is 46.5 Å². The topological polar surface area (TPSA) is 111 Å². The molecule has 3 heterocycles. The van der Waals surface area contributed by atoms with E-state index in [-0.39, 0.29) is 24.1 Å². The summed E-state index contributed by atoms with van der Waals surface area (Å²) in [7, 11) is 0. The minimum absolute atomic E-state index is 0.0935. The summed E-state index contributed by atoms with van der Waals surface area (Å²) in [5.74, 6) is 0.225. The first-order chi connectivity index (χ1) is 17.5. The lowest BCUT2D eigenvalue weighted by Crippen LogP contribution is -2.44. The van der Waals surface area contributed by atoms with E-state index in [1.165, 1.54) is 27.7 Å². The van der Waals surface area contributed by atoms with E-state index >= 15 is 0 Å². The van der Waals surface area contributed by atoms with E-state index in [0.717, 1.165) is 0 Å². The molecular formula is C25H34ClFN6O4S. The highest BCUT2D eigenvalue weighted by atomic mass is 35.5. The van der Waals surface area contributed by atoms with Gasteiger partial charge in [-0.3, -0.25) is 4.90 Å². The molecule has 0 bridgehead atoms. The number of aryl methyl sites for hydroxylation is 1. The Bertz CT molecular complexity index is 1280. The molecule has 0 aliphatic carbocycles. The second-order valence-electron chi connectivity index (χ2n) is 10.9. The fourth-order valence-corrected chi connectivity index (χ4v) is 4.43. The second kappa shape index (κ2) is 11.4. The van der Waals surface area contributed by atoms with Crippen LogP contribution >= 0.6 is 22.9 Å². The molecule has 2 amide bonds. The molecule has 10 nitrogen and oxygen atoms in total. The molecule has 2 atom stereocenters. The molecule has 0 saturated heterocycles. The Hall–Kier alpha value is -2.99. The van der Waals surface area contributed by atoms with Crippen LogP contribution in [0.4, 0.5) is 19.8 Å². The van der Waals surface area contributed by atoms with Crippen LogP contribution in [0, 0.1) is 6.92 Å². The van der Waals surface area contributed by atoms with E-state index in [2.05, 4.69) is 20.4 Å². The van der Waals surface area contributed by atoms with Crippen molar-refractivity contribution in [1.29, 1.82) is 0 Å². The summed E-state index contributed by atoms with van der Waals surface area (Å²) in [5, 5.41) is 9.26. The van der Waals surface area contributed by atoms with Crippen LogP contribution in [-0.2, 0) is 22.4 Å². The number of nitrogens with zero attached hydrogens (tertiary/aromatic N) is 5. The monoisotopic (exact) mass is 568 g/mol. The van der Waals surface area contributed by atoms with Gasteiger partial charge in [-0.25, -0.2) is 23.5 Å². The molecule has 0 saturated carbocycles. The van der Waals surface area contributed by atoms with E-state index < -0.39 is 35.6 Å². The molecule has 0 aliphatic rings. The van der Waals surface area contributed by atoms with Gasteiger partial charge in [-0.15, -0.1) is 16.4 Å². The Morgan fingerprint density at radius 1 is 1.21 bits per heavy atom. The number of alkyl halides is 1. The summed E-state index contributed by atoms with van der Waals surface area (Å²) in [5.41, 5.74) is 0.395. The van der Waals surface area contributed by atoms with E-state index in [1.54, 1.807) is 53.9 Å². The molecule has 208 valence electrons. The summed E-state index contributed by atoms with van der Waals surface area (Å²) in [4.78, 5) is 35.7. The van der Waals surface area contributed by atoms with Gasteiger partial charge in [0.25, 0.3) is 0 Å². The van der Waals surface area contributed by atoms with Gasteiger partial charge in [-0.1, -0.05) is 0 Å². The number of amides is 2. The summed E-state index contributed by atoms with van der Waals surface area (Å²) in [6, 6.07) is -0.870. The quantitative estimate of drug-likeness (QED) is 0.378. The molecule has 0 aromatic carbocycles. The van der Waals surface area contributed by atoms with E-state index in [9.17, 15) is 14.0 Å². The van der Waals surface area contributed by atoms with Crippen LogP contribution in [0.25, 0.3) is 5.52 Å². The lowest BCUT2D eigenvalue weighted by molar-refractivity contribution is 0.0476. The van der Waals surface area contributed by atoms with Crippen molar-refractivity contribution in [2.45, 2.75) is 91.8 Å². The number of halogens is 2. The average molecular weight is 569 g/mol. The molecule has 3 aromatic heterocycles. The summed E-state index contributed by atoms with van der Waals surface area (Å²) < 4.78 is 27.0. The lowest BCUT2D eigenvalue weighted by atomic mass is 10.0. The largest absolute Gasteiger partial charge is 0.444 e. The van der Waals surface area contributed by atoms with Gasteiger partial charge in [0.1, 0.15) is 27.9 Å². The fourth-order valence-electron chi connectivity index (χ4n) is 3.66. The highest BCUT2D eigenvalue weighted by Gasteiger charge is 2.30. The third-order valence-corrected chi connectivity index (χ3v) is 6.21. The number of nitrogens with one attached hydrogen (secondary N) is 1. The SMILES string of the molecule is Cc1c(C[C@@H](NC(=O)OC(C)(C)C)[C@H](C)F)cn2nc(Cl)nc(N(Cc3nccs3)C(=O)OC(C)(C)C)c12. The first-order valence-electron chi connectivity index (χ1n) is 12.1. The molecule has 0 fully saturated rings. The highest BCUT2D eigenvalue weighted by molar-refractivity contribution is 7.09. The fraction of sp³-hybridized carbons (Fsp3) is 0.560. The van der Waals surface area contributed by atoms with Crippen molar-refractivity contribution in [2.24, 2.45) is 0 Å². The van der Waals surface area contributed by atoms with Crippen LogP contribution in [0.3, 0.4) is 0 Å². The van der Waals surface area contributed by atoms with E-state index in [4.69, 9.17) is 21.1 Å². The third-order valence-electron chi connectivity index (χ3n) is 5.29. The predicted molar refractivity (Wildman–Crippen MR) is 145 cm³/mol. The average Bonchev–Trinajstić information content (AvgIpc) is 3.36. The number of fused-ring (bicyclic) bond motifs is 1. The van der Waals surface area contributed by atoms with E-state index in [0.29, 0.717) is 21.7 Å². The summed E-state index contributed by atoms with van der Waals surface area (Å²) >= 11 is 7.65. The molecule has 0 unspecified atom stereocenters. The molecule has 3 rings (SSSR count). The molecule has 38 heavy (non-hydrogen) atoms. The molecule has 1 N–H and O–H groups in total. The Morgan fingerprint density at radius 2 is 1.87 bits per heavy atom. The minimum atomic E-state index is -1.37.